The van der Waals surface area contributed by atoms with Crippen LogP contribution in [0.1, 0.15) is 24.5 Å². The molecule has 0 aliphatic heterocycles. The maximum Gasteiger partial charge on any atom is 0.142 e. The molecule has 0 fully saturated rings. The summed E-state index contributed by atoms with van der Waals surface area (Å²) in [6.07, 6.45) is 0.998. The molecule has 0 saturated heterocycles. The molecule has 134 valence electrons. The van der Waals surface area contributed by atoms with Gasteiger partial charge in [-0.1, -0.05) is 67.6 Å². The molecule has 0 heterocycles. The quantitative estimate of drug-likeness (QED) is 0.541. The molecule has 3 aromatic carbocycles. The van der Waals surface area contributed by atoms with Crippen molar-refractivity contribution in [2.24, 2.45) is 0 Å². The van der Waals surface area contributed by atoms with Gasteiger partial charge >= 0.3 is 0 Å². The molecule has 0 aliphatic carbocycles. The lowest BCUT2D eigenvalue weighted by Crippen LogP contribution is -2.05. The van der Waals surface area contributed by atoms with Crippen LogP contribution in [-0.2, 0) is 13.2 Å². The highest BCUT2D eigenvalue weighted by Gasteiger charge is 2.06. The fourth-order valence-corrected chi connectivity index (χ4v) is 2.67. The highest BCUT2D eigenvalue weighted by molar-refractivity contribution is 5.56. The van der Waals surface area contributed by atoms with E-state index in [-0.39, 0.29) is 0 Å². The Morgan fingerprint density at radius 3 is 2.23 bits per heavy atom. The zero-order valence-electron chi connectivity index (χ0n) is 15.2. The Bertz CT molecular complexity index is 802. The van der Waals surface area contributed by atoms with Crippen LogP contribution in [0.4, 0.5) is 5.69 Å². The highest BCUT2D eigenvalue weighted by atomic mass is 16.5. The fourth-order valence-electron chi connectivity index (χ4n) is 2.67. The van der Waals surface area contributed by atoms with Gasteiger partial charge in [0.25, 0.3) is 0 Å². The van der Waals surface area contributed by atoms with Gasteiger partial charge in [0.1, 0.15) is 18.1 Å². The molecule has 1 N–H and O–H groups in total. The van der Waals surface area contributed by atoms with Crippen molar-refractivity contribution < 1.29 is 9.47 Å². The van der Waals surface area contributed by atoms with E-state index in [0.717, 1.165) is 41.3 Å². The molecule has 3 rings (SSSR count). The smallest absolute Gasteiger partial charge is 0.142 e. The fraction of sp³-hybridized carbons (Fsp3) is 0.217. The molecule has 0 atom stereocenters. The van der Waals surface area contributed by atoms with Gasteiger partial charge in [-0.25, -0.2) is 0 Å². The molecule has 0 amide bonds. The van der Waals surface area contributed by atoms with Gasteiger partial charge in [-0.05, 0) is 30.2 Å². The van der Waals surface area contributed by atoms with Crippen LogP contribution >= 0.6 is 0 Å². The van der Waals surface area contributed by atoms with Crippen molar-refractivity contribution in [3.63, 3.8) is 0 Å². The third-order valence-electron chi connectivity index (χ3n) is 4.03. The van der Waals surface area contributed by atoms with Crippen molar-refractivity contribution in [1.82, 2.24) is 0 Å². The Hall–Kier alpha value is -2.94. The maximum absolute atomic E-state index is 6.01. The summed E-state index contributed by atoms with van der Waals surface area (Å²) in [5, 5.41) is 3.48. The predicted octanol–water partition coefficient (Wildman–Crippen LogP) is 5.67. The Morgan fingerprint density at radius 1 is 0.731 bits per heavy atom. The Labute approximate surface area is 155 Å². The van der Waals surface area contributed by atoms with Crippen LogP contribution in [0.3, 0.4) is 0 Å². The van der Waals surface area contributed by atoms with E-state index in [0.29, 0.717) is 13.2 Å². The van der Waals surface area contributed by atoms with Gasteiger partial charge in [-0.2, -0.15) is 0 Å². The second-order valence-electron chi connectivity index (χ2n) is 6.08. The van der Waals surface area contributed by atoms with Gasteiger partial charge in [0.15, 0.2) is 0 Å². The summed E-state index contributed by atoms with van der Waals surface area (Å²) in [7, 11) is 0. The van der Waals surface area contributed by atoms with E-state index in [1.165, 1.54) is 0 Å². The lowest BCUT2D eigenvalue weighted by molar-refractivity contribution is 0.307. The number of rotatable bonds is 9. The van der Waals surface area contributed by atoms with E-state index in [9.17, 15) is 0 Å². The van der Waals surface area contributed by atoms with Crippen molar-refractivity contribution in [1.29, 1.82) is 0 Å². The molecule has 0 spiro atoms. The van der Waals surface area contributed by atoms with Crippen molar-refractivity contribution in [3.05, 3.63) is 90.0 Å². The van der Waals surface area contributed by atoms with E-state index >= 15 is 0 Å². The predicted molar refractivity (Wildman–Crippen MR) is 107 cm³/mol. The van der Waals surface area contributed by atoms with E-state index in [1.807, 2.05) is 60.7 Å². The van der Waals surface area contributed by atoms with Gasteiger partial charge in [-0.15, -0.1) is 0 Å². The molecule has 0 saturated carbocycles. The van der Waals surface area contributed by atoms with Crippen molar-refractivity contribution in [2.45, 2.75) is 26.5 Å². The second kappa shape index (κ2) is 9.52. The van der Waals surface area contributed by atoms with Gasteiger partial charge < -0.3 is 14.8 Å². The van der Waals surface area contributed by atoms with E-state index < -0.39 is 0 Å². The average Bonchev–Trinajstić information content (AvgIpc) is 2.71. The first-order chi connectivity index (χ1) is 12.9. The minimum Gasteiger partial charge on any atom is -0.493 e. The summed E-state index contributed by atoms with van der Waals surface area (Å²) in [5.41, 5.74) is 3.27. The summed E-state index contributed by atoms with van der Waals surface area (Å²) in [6, 6.07) is 26.4. The maximum atomic E-state index is 6.01. The lowest BCUT2D eigenvalue weighted by atomic mass is 10.2. The minimum absolute atomic E-state index is 0.551. The zero-order chi connectivity index (χ0) is 18.0. The Morgan fingerprint density at radius 2 is 1.42 bits per heavy atom. The standard InChI is InChI=1S/C23H25NO2/c1-2-16-25-22-14-8-6-12-20(22)17-24-21-13-7-9-15-23(21)26-18-19-10-4-3-5-11-19/h3-15,24H,2,16-18H2,1H3. The van der Waals surface area contributed by atoms with Crippen LogP contribution < -0.4 is 14.8 Å². The molecule has 0 aliphatic rings. The first kappa shape index (κ1) is 17.9. The third-order valence-corrected chi connectivity index (χ3v) is 4.03. The van der Waals surface area contributed by atoms with Crippen LogP contribution in [0, 0.1) is 0 Å². The second-order valence-corrected chi connectivity index (χ2v) is 6.08. The molecule has 0 aromatic heterocycles. The third kappa shape index (κ3) is 5.03. The number of ether oxygens (including phenoxy) is 2. The van der Waals surface area contributed by atoms with Crippen LogP contribution in [0.15, 0.2) is 78.9 Å². The van der Waals surface area contributed by atoms with E-state index in [4.69, 9.17) is 9.47 Å². The lowest BCUT2D eigenvalue weighted by Gasteiger charge is -2.15. The van der Waals surface area contributed by atoms with Crippen LogP contribution in [0.5, 0.6) is 11.5 Å². The molecule has 3 aromatic rings. The average molecular weight is 347 g/mol. The van der Waals surface area contributed by atoms with E-state index in [1.54, 1.807) is 0 Å². The van der Waals surface area contributed by atoms with Crippen molar-refractivity contribution in [3.8, 4) is 11.5 Å². The van der Waals surface area contributed by atoms with Crippen molar-refractivity contribution >= 4 is 5.69 Å². The normalized spacial score (nSPS) is 10.3. The van der Waals surface area contributed by atoms with Crippen LogP contribution in [0.25, 0.3) is 0 Å². The largest absolute Gasteiger partial charge is 0.493 e. The number of hydrogen-bond donors (Lipinski definition) is 1. The SMILES string of the molecule is CCCOc1ccccc1CNc1ccccc1OCc1ccccc1. The summed E-state index contributed by atoms with van der Waals surface area (Å²) in [4.78, 5) is 0. The molecular formula is C23H25NO2. The molecular weight excluding hydrogens is 322 g/mol. The molecule has 3 heteroatoms. The van der Waals surface area contributed by atoms with Gasteiger partial charge in [0.05, 0.1) is 12.3 Å². The molecule has 0 bridgehead atoms. The van der Waals surface area contributed by atoms with Crippen LogP contribution in [-0.4, -0.2) is 6.61 Å². The Kier molecular flexibility index (Phi) is 6.54. The van der Waals surface area contributed by atoms with Crippen LogP contribution in [0.2, 0.25) is 0 Å². The van der Waals surface area contributed by atoms with Gasteiger partial charge in [0, 0.05) is 12.1 Å². The Balaban J connectivity index is 1.65. The number of para-hydroxylation sites is 3. The monoisotopic (exact) mass is 347 g/mol. The molecule has 0 unspecified atom stereocenters. The van der Waals surface area contributed by atoms with Crippen molar-refractivity contribution in [2.75, 3.05) is 11.9 Å². The summed E-state index contributed by atoms with van der Waals surface area (Å²) in [6.45, 7) is 4.08. The summed E-state index contributed by atoms with van der Waals surface area (Å²) >= 11 is 0. The molecule has 0 radical (unpaired) electrons. The molecule has 3 nitrogen and oxygen atoms in total. The zero-order valence-corrected chi connectivity index (χ0v) is 15.2. The minimum atomic E-state index is 0.551. The van der Waals surface area contributed by atoms with Gasteiger partial charge in [0.2, 0.25) is 0 Å². The number of nitrogens with one attached hydrogen (secondary N) is 1. The first-order valence-electron chi connectivity index (χ1n) is 9.07. The number of benzene rings is 3. The summed E-state index contributed by atoms with van der Waals surface area (Å²) in [5.74, 6) is 1.79. The highest BCUT2D eigenvalue weighted by Crippen LogP contribution is 2.27. The summed E-state index contributed by atoms with van der Waals surface area (Å²) < 4.78 is 11.9. The number of anilines is 1. The number of hydrogen-bond acceptors (Lipinski definition) is 3. The first-order valence-corrected chi connectivity index (χ1v) is 9.07. The molecule has 26 heavy (non-hydrogen) atoms. The topological polar surface area (TPSA) is 30.5 Å². The van der Waals surface area contributed by atoms with E-state index in [2.05, 4.69) is 30.4 Å². The van der Waals surface area contributed by atoms with Gasteiger partial charge in [-0.3, -0.25) is 0 Å².